The molecule has 5 heteroatoms. The summed E-state index contributed by atoms with van der Waals surface area (Å²) >= 11 is 0. The molecule has 5 nitrogen and oxygen atoms in total. The van der Waals surface area contributed by atoms with E-state index in [2.05, 4.69) is 24.4 Å². The maximum absolute atomic E-state index is 12.6. The topological polar surface area (TPSA) is 58.1 Å². The van der Waals surface area contributed by atoms with Gasteiger partial charge in [0, 0.05) is 24.2 Å². The highest BCUT2D eigenvalue weighted by molar-refractivity contribution is 5.95. The number of anilines is 1. The number of nitrogens with one attached hydrogen (secondary N) is 1. The molecule has 1 unspecified atom stereocenters. The molecule has 1 aromatic carbocycles. The number of benzene rings is 1. The van der Waals surface area contributed by atoms with Crippen molar-refractivity contribution in [2.75, 3.05) is 18.0 Å². The number of fused-ring (bicyclic) bond motifs is 1. The van der Waals surface area contributed by atoms with Crippen LogP contribution in [0.25, 0.3) is 0 Å². The van der Waals surface area contributed by atoms with Gasteiger partial charge in [0.2, 0.25) is 5.91 Å². The van der Waals surface area contributed by atoms with Crippen molar-refractivity contribution >= 4 is 11.7 Å². The van der Waals surface area contributed by atoms with Crippen molar-refractivity contribution in [1.29, 1.82) is 0 Å². The van der Waals surface area contributed by atoms with E-state index in [1.54, 1.807) is 0 Å². The van der Waals surface area contributed by atoms with Gasteiger partial charge in [0.05, 0.1) is 6.04 Å². The average molecular weight is 350 g/mol. The maximum atomic E-state index is 12.6. The van der Waals surface area contributed by atoms with Gasteiger partial charge in [-0.25, -0.2) is 9.97 Å². The van der Waals surface area contributed by atoms with Crippen molar-refractivity contribution in [2.24, 2.45) is 0 Å². The van der Waals surface area contributed by atoms with Crippen molar-refractivity contribution in [3.63, 3.8) is 0 Å². The Labute approximate surface area is 154 Å². The number of aryl methyl sites for hydroxylation is 1. The van der Waals surface area contributed by atoms with Crippen molar-refractivity contribution < 1.29 is 4.79 Å². The van der Waals surface area contributed by atoms with Crippen molar-refractivity contribution in [2.45, 2.75) is 51.5 Å². The van der Waals surface area contributed by atoms with E-state index >= 15 is 0 Å². The molecule has 1 aromatic heterocycles. The fourth-order valence-corrected chi connectivity index (χ4v) is 3.95. The molecule has 136 valence electrons. The van der Waals surface area contributed by atoms with Crippen LogP contribution in [0.1, 0.15) is 54.4 Å². The lowest BCUT2D eigenvalue weighted by Gasteiger charge is -2.31. The summed E-state index contributed by atoms with van der Waals surface area (Å²) in [6.45, 7) is 3.74. The lowest BCUT2D eigenvalue weighted by Crippen LogP contribution is -2.39. The van der Waals surface area contributed by atoms with Crippen molar-refractivity contribution in [3.8, 4) is 0 Å². The molecule has 1 atom stereocenters. The fourth-order valence-electron chi connectivity index (χ4n) is 3.95. The van der Waals surface area contributed by atoms with Crippen molar-refractivity contribution in [3.05, 3.63) is 53.0 Å². The summed E-state index contributed by atoms with van der Waals surface area (Å²) in [5.41, 5.74) is 3.40. The highest BCUT2D eigenvalue weighted by Crippen LogP contribution is 2.30. The molecule has 0 bridgehead atoms. The molecule has 2 aromatic rings. The fraction of sp³-hybridized carbons (Fsp3) is 0.476. The molecule has 2 aliphatic heterocycles. The zero-order valence-electron chi connectivity index (χ0n) is 15.4. The smallest absolute Gasteiger partial charge is 0.228 e. The molecule has 0 spiro atoms. The molecular formula is C21H26N4O. The molecule has 0 aliphatic carbocycles. The van der Waals surface area contributed by atoms with Gasteiger partial charge in [-0.3, -0.25) is 9.69 Å². The first-order valence-electron chi connectivity index (χ1n) is 9.67. The summed E-state index contributed by atoms with van der Waals surface area (Å²) in [6.07, 6.45) is 5.62. The highest BCUT2D eigenvalue weighted by Gasteiger charge is 2.29. The second-order valence-corrected chi connectivity index (χ2v) is 7.25. The van der Waals surface area contributed by atoms with Gasteiger partial charge in [0.1, 0.15) is 11.6 Å². The van der Waals surface area contributed by atoms with Crippen LogP contribution in [0.4, 0.5) is 5.82 Å². The van der Waals surface area contributed by atoms with E-state index in [0.717, 1.165) is 48.7 Å². The number of carbonyl (C=O) groups excluding carboxylic acids is 1. The third-order valence-corrected chi connectivity index (χ3v) is 5.44. The highest BCUT2D eigenvalue weighted by atomic mass is 16.2. The Morgan fingerprint density at radius 2 is 2.00 bits per heavy atom. The van der Waals surface area contributed by atoms with Gasteiger partial charge < -0.3 is 5.32 Å². The average Bonchev–Trinajstić information content (AvgIpc) is 2.68. The minimum atomic E-state index is 0.175. The maximum Gasteiger partial charge on any atom is 0.228 e. The minimum Gasteiger partial charge on any atom is -0.307 e. The Morgan fingerprint density at radius 3 is 2.77 bits per heavy atom. The van der Waals surface area contributed by atoms with Gasteiger partial charge in [-0.15, -0.1) is 0 Å². The third-order valence-electron chi connectivity index (χ3n) is 5.44. The lowest BCUT2D eigenvalue weighted by molar-refractivity contribution is -0.118. The first kappa shape index (κ1) is 17.2. The van der Waals surface area contributed by atoms with Crippen LogP contribution in [-0.2, 0) is 17.6 Å². The molecule has 0 radical (unpaired) electrons. The van der Waals surface area contributed by atoms with Gasteiger partial charge in [-0.2, -0.15) is 0 Å². The molecule has 2 aliphatic rings. The normalized spacial score (nSPS) is 20.1. The van der Waals surface area contributed by atoms with Crippen LogP contribution in [-0.4, -0.2) is 29.0 Å². The summed E-state index contributed by atoms with van der Waals surface area (Å²) in [7, 11) is 0. The number of hydrogen-bond donors (Lipinski definition) is 1. The first-order valence-corrected chi connectivity index (χ1v) is 9.67. The number of amides is 1. The molecule has 3 heterocycles. The number of rotatable bonds is 4. The summed E-state index contributed by atoms with van der Waals surface area (Å²) in [6, 6.07) is 10.5. The Morgan fingerprint density at radius 1 is 1.15 bits per heavy atom. The van der Waals surface area contributed by atoms with Crippen LogP contribution in [0.5, 0.6) is 0 Å². The predicted molar refractivity (Wildman–Crippen MR) is 102 cm³/mol. The monoisotopic (exact) mass is 350 g/mol. The van der Waals surface area contributed by atoms with Gasteiger partial charge >= 0.3 is 0 Å². The van der Waals surface area contributed by atoms with Gasteiger partial charge in [0.25, 0.3) is 0 Å². The van der Waals surface area contributed by atoms with Crippen LogP contribution < -0.4 is 10.2 Å². The Hall–Kier alpha value is -2.27. The van der Waals surface area contributed by atoms with E-state index in [1.807, 2.05) is 23.1 Å². The van der Waals surface area contributed by atoms with Gasteiger partial charge in [-0.1, -0.05) is 36.8 Å². The van der Waals surface area contributed by atoms with Gasteiger partial charge in [-0.05, 0) is 44.7 Å². The first-order chi connectivity index (χ1) is 12.7. The number of nitrogens with zero attached hydrogens (tertiary/aromatic N) is 3. The number of piperidine rings is 1. The number of hydrogen-bond acceptors (Lipinski definition) is 4. The molecule has 1 saturated heterocycles. The van der Waals surface area contributed by atoms with E-state index in [4.69, 9.17) is 9.97 Å². The number of aromatic nitrogens is 2. The lowest BCUT2D eigenvalue weighted by atomic mass is 10.0. The van der Waals surface area contributed by atoms with Crippen LogP contribution in [0.3, 0.4) is 0 Å². The zero-order chi connectivity index (χ0) is 17.9. The van der Waals surface area contributed by atoms with Crippen LogP contribution in [0, 0.1) is 6.92 Å². The Balaban J connectivity index is 1.62. The largest absolute Gasteiger partial charge is 0.307 e. The summed E-state index contributed by atoms with van der Waals surface area (Å²) < 4.78 is 0. The van der Waals surface area contributed by atoms with Gasteiger partial charge in [0.15, 0.2) is 0 Å². The van der Waals surface area contributed by atoms with Crippen LogP contribution >= 0.6 is 0 Å². The van der Waals surface area contributed by atoms with E-state index < -0.39 is 0 Å². The van der Waals surface area contributed by atoms with E-state index in [9.17, 15) is 4.79 Å². The molecule has 1 N–H and O–H groups in total. The predicted octanol–water partition coefficient (Wildman–Crippen LogP) is 3.12. The van der Waals surface area contributed by atoms with E-state index in [0.29, 0.717) is 13.0 Å². The SMILES string of the molecule is Cc1nc(C2CCCCN2)nc2c1CCC(=O)N2CCc1ccccc1. The van der Waals surface area contributed by atoms with Crippen molar-refractivity contribution in [1.82, 2.24) is 15.3 Å². The van der Waals surface area contributed by atoms with E-state index in [1.165, 1.54) is 18.4 Å². The molecule has 4 rings (SSSR count). The second kappa shape index (κ2) is 7.54. The van der Waals surface area contributed by atoms with E-state index in [-0.39, 0.29) is 11.9 Å². The Kier molecular flexibility index (Phi) is 4.98. The molecule has 1 amide bonds. The zero-order valence-corrected chi connectivity index (χ0v) is 15.4. The summed E-state index contributed by atoms with van der Waals surface area (Å²) in [5.74, 6) is 1.86. The second-order valence-electron chi connectivity index (χ2n) is 7.25. The summed E-state index contributed by atoms with van der Waals surface area (Å²) in [5, 5.41) is 3.52. The molecule has 0 saturated carbocycles. The van der Waals surface area contributed by atoms with Crippen LogP contribution in [0.2, 0.25) is 0 Å². The third kappa shape index (κ3) is 3.49. The minimum absolute atomic E-state index is 0.175. The molecule has 26 heavy (non-hydrogen) atoms. The quantitative estimate of drug-likeness (QED) is 0.920. The molecular weight excluding hydrogens is 324 g/mol. The Bertz CT molecular complexity index is 784. The van der Waals surface area contributed by atoms with Crippen LogP contribution in [0.15, 0.2) is 30.3 Å². The molecule has 1 fully saturated rings. The number of carbonyl (C=O) groups is 1. The standard InChI is InChI=1S/C21H26N4O/c1-15-17-10-11-19(26)25(14-12-16-7-3-2-4-8-16)21(17)24-20(23-15)18-9-5-6-13-22-18/h2-4,7-8,18,22H,5-6,9-14H2,1H3. The summed E-state index contributed by atoms with van der Waals surface area (Å²) in [4.78, 5) is 24.2.